The fourth-order valence-corrected chi connectivity index (χ4v) is 2.07. The maximum absolute atomic E-state index is 12.0. The number of rotatable bonds is 8. The molecule has 0 saturated carbocycles. The van der Waals surface area contributed by atoms with Crippen LogP contribution in [-0.4, -0.2) is 47.7 Å². The summed E-state index contributed by atoms with van der Waals surface area (Å²) < 4.78 is 16.5. The van der Waals surface area contributed by atoms with Crippen LogP contribution in [0.4, 0.5) is 0 Å². The second kappa shape index (κ2) is 8.67. The molecule has 1 heterocycles. The van der Waals surface area contributed by atoms with Gasteiger partial charge in [0.15, 0.2) is 17.2 Å². The van der Waals surface area contributed by atoms with Gasteiger partial charge in [-0.25, -0.2) is 9.48 Å². The van der Waals surface area contributed by atoms with Gasteiger partial charge in [0.1, 0.15) is 6.54 Å². The average molecular weight is 348 g/mol. The van der Waals surface area contributed by atoms with Crippen molar-refractivity contribution in [2.75, 3.05) is 20.8 Å². The Morgan fingerprint density at radius 1 is 1.20 bits per heavy atom. The van der Waals surface area contributed by atoms with Gasteiger partial charge in [-0.15, -0.1) is 5.10 Å². The molecule has 9 heteroatoms. The van der Waals surface area contributed by atoms with Crippen LogP contribution in [-0.2, 0) is 22.6 Å². The molecule has 0 unspecified atom stereocenters. The highest BCUT2D eigenvalue weighted by molar-refractivity contribution is 5.86. The summed E-state index contributed by atoms with van der Waals surface area (Å²) in [4.78, 5) is 23.5. The van der Waals surface area contributed by atoms with Gasteiger partial charge < -0.3 is 19.5 Å². The summed E-state index contributed by atoms with van der Waals surface area (Å²) in [5.41, 5.74) is 0.923. The third-order valence-electron chi connectivity index (χ3n) is 3.27. The van der Waals surface area contributed by atoms with Gasteiger partial charge in [-0.3, -0.25) is 4.79 Å². The van der Waals surface area contributed by atoms with Crippen molar-refractivity contribution in [2.24, 2.45) is 0 Å². The van der Waals surface area contributed by atoms with Gasteiger partial charge in [-0.1, -0.05) is 11.3 Å². The Hall–Kier alpha value is -3.10. The largest absolute Gasteiger partial charge is 0.493 e. The third kappa shape index (κ3) is 4.93. The molecular formula is C16H20N4O5. The molecule has 1 amide bonds. The molecule has 0 spiro atoms. The summed E-state index contributed by atoms with van der Waals surface area (Å²) in [5, 5.41) is 10.2. The van der Waals surface area contributed by atoms with E-state index in [-0.39, 0.29) is 24.8 Å². The van der Waals surface area contributed by atoms with Crippen molar-refractivity contribution in [3.05, 3.63) is 35.7 Å². The van der Waals surface area contributed by atoms with Crippen molar-refractivity contribution in [2.45, 2.75) is 20.0 Å². The molecule has 0 bridgehead atoms. The van der Waals surface area contributed by atoms with Crippen molar-refractivity contribution in [1.82, 2.24) is 20.3 Å². The molecule has 2 rings (SSSR count). The lowest BCUT2D eigenvalue weighted by molar-refractivity contribution is -0.122. The van der Waals surface area contributed by atoms with E-state index in [0.717, 1.165) is 5.56 Å². The number of hydrogen-bond acceptors (Lipinski definition) is 7. The average Bonchev–Trinajstić information content (AvgIpc) is 3.08. The van der Waals surface area contributed by atoms with E-state index in [4.69, 9.17) is 14.2 Å². The summed E-state index contributed by atoms with van der Waals surface area (Å²) in [6.45, 7) is 2.21. The van der Waals surface area contributed by atoms with Crippen LogP contribution in [0.15, 0.2) is 24.4 Å². The van der Waals surface area contributed by atoms with Crippen LogP contribution in [0.3, 0.4) is 0 Å². The van der Waals surface area contributed by atoms with Crippen LogP contribution >= 0.6 is 0 Å². The monoisotopic (exact) mass is 348 g/mol. The molecule has 0 fully saturated rings. The summed E-state index contributed by atoms with van der Waals surface area (Å²) in [6, 6.07) is 5.38. The molecule has 25 heavy (non-hydrogen) atoms. The Kier molecular flexibility index (Phi) is 6.33. The fourth-order valence-electron chi connectivity index (χ4n) is 2.07. The van der Waals surface area contributed by atoms with Gasteiger partial charge in [0.25, 0.3) is 0 Å². The zero-order valence-electron chi connectivity index (χ0n) is 14.3. The molecule has 0 atom stereocenters. The number of ether oxygens (including phenoxy) is 3. The van der Waals surface area contributed by atoms with E-state index in [1.54, 1.807) is 33.3 Å². The van der Waals surface area contributed by atoms with Crippen molar-refractivity contribution in [1.29, 1.82) is 0 Å². The number of carbonyl (C=O) groups excluding carboxylic acids is 2. The Balaban J connectivity index is 1.89. The number of methoxy groups -OCH3 is 2. The number of amides is 1. The number of hydrogen-bond donors (Lipinski definition) is 1. The highest BCUT2D eigenvalue weighted by Crippen LogP contribution is 2.27. The molecule has 1 aromatic carbocycles. The van der Waals surface area contributed by atoms with Crippen LogP contribution in [0.2, 0.25) is 0 Å². The van der Waals surface area contributed by atoms with Gasteiger partial charge in [-0.05, 0) is 24.6 Å². The molecule has 0 aliphatic carbocycles. The van der Waals surface area contributed by atoms with Gasteiger partial charge in [0.2, 0.25) is 5.91 Å². The molecule has 0 aliphatic heterocycles. The first kappa shape index (κ1) is 18.2. The molecule has 1 aromatic heterocycles. The minimum absolute atomic E-state index is 0.0559. The third-order valence-corrected chi connectivity index (χ3v) is 3.27. The van der Waals surface area contributed by atoms with E-state index < -0.39 is 5.97 Å². The zero-order valence-corrected chi connectivity index (χ0v) is 14.3. The van der Waals surface area contributed by atoms with E-state index in [0.29, 0.717) is 18.0 Å². The Bertz CT molecular complexity index is 744. The van der Waals surface area contributed by atoms with Crippen molar-refractivity contribution < 1.29 is 23.8 Å². The summed E-state index contributed by atoms with van der Waals surface area (Å²) >= 11 is 0. The number of nitrogens with zero attached hydrogens (tertiary/aromatic N) is 3. The normalized spacial score (nSPS) is 10.2. The number of benzene rings is 1. The van der Waals surface area contributed by atoms with E-state index >= 15 is 0 Å². The smallest absolute Gasteiger partial charge is 0.360 e. The predicted octanol–water partition coefficient (Wildman–Crippen LogP) is 0.788. The van der Waals surface area contributed by atoms with Crippen molar-refractivity contribution >= 4 is 11.9 Å². The predicted molar refractivity (Wildman–Crippen MR) is 87.4 cm³/mol. The first-order valence-electron chi connectivity index (χ1n) is 7.62. The lowest BCUT2D eigenvalue weighted by Crippen LogP contribution is -2.27. The lowest BCUT2D eigenvalue weighted by atomic mass is 10.2. The standard InChI is InChI=1S/C16H20N4O5/c1-4-25-16(22)12-9-20(19-18-12)10-15(21)17-8-11-5-6-13(23-2)14(7-11)24-3/h5-7,9H,4,8,10H2,1-3H3,(H,17,21). The number of aromatic nitrogens is 3. The molecule has 1 N–H and O–H groups in total. The summed E-state index contributed by atoms with van der Waals surface area (Å²) in [7, 11) is 3.11. The number of nitrogens with one attached hydrogen (secondary N) is 1. The van der Waals surface area contributed by atoms with Gasteiger partial charge in [-0.2, -0.15) is 0 Å². The van der Waals surface area contributed by atoms with Gasteiger partial charge in [0.05, 0.1) is 27.0 Å². The Labute approximate surface area is 144 Å². The van der Waals surface area contributed by atoms with E-state index in [1.807, 2.05) is 6.07 Å². The quantitative estimate of drug-likeness (QED) is 0.703. The van der Waals surface area contributed by atoms with Crippen LogP contribution in [0.25, 0.3) is 0 Å². The van der Waals surface area contributed by atoms with Crippen LogP contribution < -0.4 is 14.8 Å². The number of esters is 1. The first-order valence-corrected chi connectivity index (χ1v) is 7.62. The maximum Gasteiger partial charge on any atom is 0.360 e. The minimum atomic E-state index is -0.570. The highest BCUT2D eigenvalue weighted by atomic mass is 16.5. The van der Waals surface area contributed by atoms with Crippen LogP contribution in [0.5, 0.6) is 11.5 Å². The lowest BCUT2D eigenvalue weighted by Gasteiger charge is -2.10. The van der Waals surface area contributed by atoms with Gasteiger partial charge in [0, 0.05) is 6.54 Å². The van der Waals surface area contributed by atoms with Gasteiger partial charge >= 0.3 is 5.97 Å². The second-order valence-electron chi connectivity index (χ2n) is 4.99. The first-order chi connectivity index (χ1) is 12.1. The molecule has 0 radical (unpaired) electrons. The molecule has 0 saturated heterocycles. The molecule has 9 nitrogen and oxygen atoms in total. The Morgan fingerprint density at radius 3 is 2.64 bits per heavy atom. The van der Waals surface area contributed by atoms with E-state index in [1.165, 1.54) is 10.9 Å². The summed E-state index contributed by atoms with van der Waals surface area (Å²) in [6.07, 6.45) is 1.37. The topological polar surface area (TPSA) is 105 Å². The number of carbonyl (C=O) groups is 2. The maximum atomic E-state index is 12.0. The second-order valence-corrected chi connectivity index (χ2v) is 4.99. The molecular weight excluding hydrogens is 328 g/mol. The fraction of sp³-hybridized carbons (Fsp3) is 0.375. The van der Waals surface area contributed by atoms with Crippen LogP contribution in [0.1, 0.15) is 23.0 Å². The molecule has 134 valence electrons. The minimum Gasteiger partial charge on any atom is -0.493 e. The SMILES string of the molecule is CCOC(=O)c1cn(CC(=O)NCc2ccc(OC)c(OC)c2)nn1. The molecule has 2 aromatic rings. The van der Waals surface area contributed by atoms with Crippen molar-refractivity contribution in [3.63, 3.8) is 0 Å². The highest BCUT2D eigenvalue weighted by Gasteiger charge is 2.13. The van der Waals surface area contributed by atoms with E-state index in [9.17, 15) is 9.59 Å². The molecule has 0 aliphatic rings. The zero-order chi connectivity index (χ0) is 18.2. The van der Waals surface area contributed by atoms with Crippen molar-refractivity contribution in [3.8, 4) is 11.5 Å². The Morgan fingerprint density at radius 2 is 1.96 bits per heavy atom. The van der Waals surface area contributed by atoms with E-state index in [2.05, 4.69) is 15.6 Å². The van der Waals surface area contributed by atoms with Crippen LogP contribution in [0, 0.1) is 0 Å². The summed E-state index contributed by atoms with van der Waals surface area (Å²) in [5.74, 6) is 0.367.